The van der Waals surface area contributed by atoms with Crippen molar-refractivity contribution in [2.45, 2.75) is 52.6 Å². The van der Waals surface area contributed by atoms with Crippen LogP contribution in [0.2, 0.25) is 39.3 Å². The van der Waals surface area contributed by atoms with Crippen molar-refractivity contribution in [2.24, 2.45) is 0 Å². The third-order valence-electron chi connectivity index (χ3n) is 0.939. The second-order valence-corrected chi connectivity index (χ2v) is 16.1. The summed E-state index contributed by atoms with van der Waals surface area (Å²) in [6.45, 7) is 16.2. The Morgan fingerprint density at radius 2 is 1.15 bits per heavy atom. The van der Waals surface area contributed by atoms with Crippen molar-refractivity contribution in [3.8, 4) is 0 Å². The first-order valence-corrected chi connectivity index (χ1v) is 13.1. The van der Waals surface area contributed by atoms with E-state index >= 15 is 0 Å². The third-order valence-corrected chi connectivity index (χ3v) is 7.73. The molecule has 0 atom stereocenters. The topological polar surface area (TPSA) is 12.0 Å². The van der Waals surface area contributed by atoms with Crippen molar-refractivity contribution in [1.82, 2.24) is 4.65 Å². The van der Waals surface area contributed by atoms with Gasteiger partial charge in [-0.3, -0.25) is 0 Å². The van der Waals surface area contributed by atoms with Gasteiger partial charge in [0, 0.05) is 5.33 Å². The molecule has 4 heteroatoms. The van der Waals surface area contributed by atoms with Crippen molar-refractivity contribution in [3.05, 3.63) is 0 Å². The van der Waals surface area contributed by atoms with Gasteiger partial charge in [-0.1, -0.05) is 62.1 Å². The van der Waals surface area contributed by atoms with Crippen LogP contribution in [0.1, 0.15) is 13.3 Å². The minimum Gasteiger partial charge on any atom is -0.360 e. The molecule has 0 saturated carbocycles. The first-order valence-electron chi connectivity index (χ1n) is 4.97. The summed E-state index contributed by atoms with van der Waals surface area (Å²) < 4.78 is 3.74. The molecule has 0 unspecified atom stereocenters. The molecule has 0 aromatic rings. The van der Waals surface area contributed by atoms with E-state index in [1.54, 1.807) is 0 Å². The van der Waals surface area contributed by atoms with Gasteiger partial charge in [0.05, 0.1) is 0 Å². The Balaban J connectivity index is 0. The van der Waals surface area contributed by atoms with Gasteiger partial charge in [0.25, 0.3) is 0 Å². The van der Waals surface area contributed by atoms with Crippen molar-refractivity contribution in [3.63, 3.8) is 0 Å². The van der Waals surface area contributed by atoms with Crippen molar-refractivity contribution in [2.75, 3.05) is 5.33 Å². The van der Waals surface area contributed by atoms with Gasteiger partial charge >= 0.3 is 0 Å². The van der Waals surface area contributed by atoms with Crippen LogP contribution < -0.4 is 4.65 Å². The molecule has 0 spiro atoms. The summed E-state index contributed by atoms with van der Waals surface area (Å²) in [5, 5.41) is 1.13. The first-order chi connectivity index (χ1) is 5.62. The van der Waals surface area contributed by atoms with E-state index in [2.05, 4.69) is 66.8 Å². The van der Waals surface area contributed by atoms with E-state index in [0.29, 0.717) is 0 Å². The summed E-state index contributed by atoms with van der Waals surface area (Å²) in [5.41, 5.74) is 0. The fourth-order valence-electron chi connectivity index (χ4n) is 1.12. The van der Waals surface area contributed by atoms with Gasteiger partial charge in [0.2, 0.25) is 0 Å². The van der Waals surface area contributed by atoms with Crippen LogP contribution in [0.4, 0.5) is 0 Å². The molecule has 0 bridgehead atoms. The maximum absolute atomic E-state index is 3.74. The molecule has 0 aliphatic rings. The molecule has 1 N–H and O–H groups in total. The molecular weight excluding hydrogens is 258 g/mol. The Morgan fingerprint density at radius 3 is 1.15 bits per heavy atom. The Bertz CT molecular complexity index is 102. The number of hydrogen-bond donors (Lipinski definition) is 1. The molecule has 0 rings (SSSR count). The highest BCUT2D eigenvalue weighted by Crippen LogP contribution is 2.02. The molecule has 0 aliphatic carbocycles. The van der Waals surface area contributed by atoms with Crippen LogP contribution in [0.5, 0.6) is 0 Å². The number of nitrogens with one attached hydrogen (secondary N) is 1. The minimum atomic E-state index is -0.981. The molecule has 0 fully saturated rings. The molecule has 82 valence electrons. The quantitative estimate of drug-likeness (QED) is 0.609. The van der Waals surface area contributed by atoms with E-state index < -0.39 is 16.5 Å². The maximum Gasteiger partial charge on any atom is 0.109 e. The highest BCUT2D eigenvalue weighted by molar-refractivity contribution is 9.09. The Morgan fingerprint density at radius 1 is 0.923 bits per heavy atom. The lowest BCUT2D eigenvalue weighted by Crippen LogP contribution is -2.55. The van der Waals surface area contributed by atoms with E-state index in [0.717, 1.165) is 5.33 Å². The molecule has 0 aromatic heterocycles. The predicted octanol–water partition coefficient (Wildman–Crippen LogP) is 4.04. The zero-order chi connectivity index (χ0) is 11.1. The summed E-state index contributed by atoms with van der Waals surface area (Å²) in [6, 6.07) is 0. The van der Waals surface area contributed by atoms with Gasteiger partial charge in [-0.05, 0) is 6.42 Å². The highest BCUT2D eigenvalue weighted by Gasteiger charge is 2.22. The first kappa shape index (κ1) is 16.3. The van der Waals surface area contributed by atoms with Crippen LogP contribution in [0, 0.1) is 0 Å². The standard InChI is InChI=1S/C6H19NSi2.C3H7Br/c1-8(2,3)7-9(4,5)6;1-2-3-4/h7H,1-6H3;2-3H2,1H3. The number of rotatable bonds is 3. The average Bonchev–Trinajstić information content (AvgIpc) is 1.80. The van der Waals surface area contributed by atoms with Crippen LogP contribution >= 0.6 is 15.9 Å². The number of halogens is 1. The molecular formula is C9H26BrNSi2. The van der Waals surface area contributed by atoms with E-state index in [-0.39, 0.29) is 0 Å². The third kappa shape index (κ3) is 24.6. The molecule has 0 aromatic carbocycles. The Hall–Kier alpha value is 0.874. The Labute approximate surface area is 95.0 Å². The molecule has 0 aliphatic heterocycles. The van der Waals surface area contributed by atoms with Gasteiger partial charge in [-0.15, -0.1) is 0 Å². The monoisotopic (exact) mass is 283 g/mol. The summed E-state index contributed by atoms with van der Waals surface area (Å²) in [7, 11) is -1.96. The molecule has 13 heavy (non-hydrogen) atoms. The van der Waals surface area contributed by atoms with Crippen molar-refractivity contribution >= 4 is 32.4 Å². The SMILES string of the molecule is CCCBr.C[Si](C)(C)N[Si](C)(C)C. The van der Waals surface area contributed by atoms with Crippen molar-refractivity contribution in [1.29, 1.82) is 0 Å². The minimum absolute atomic E-state index is 0.981. The second kappa shape index (κ2) is 7.20. The second-order valence-electron chi connectivity index (χ2n) is 5.31. The summed E-state index contributed by atoms with van der Waals surface area (Å²) >= 11 is 3.25. The fourth-order valence-corrected chi connectivity index (χ4v) is 10.1. The summed E-state index contributed by atoms with van der Waals surface area (Å²) in [4.78, 5) is 0. The van der Waals surface area contributed by atoms with Gasteiger partial charge in [-0.25, -0.2) is 0 Å². The number of alkyl halides is 1. The largest absolute Gasteiger partial charge is 0.360 e. The Kier molecular flexibility index (Phi) is 9.04. The van der Waals surface area contributed by atoms with Gasteiger partial charge in [0.15, 0.2) is 0 Å². The molecule has 0 saturated heterocycles. The fraction of sp³-hybridized carbons (Fsp3) is 1.00. The smallest absolute Gasteiger partial charge is 0.109 e. The van der Waals surface area contributed by atoms with Crippen LogP contribution in [0.25, 0.3) is 0 Å². The van der Waals surface area contributed by atoms with E-state index in [1.807, 2.05) is 0 Å². The average molecular weight is 284 g/mol. The molecule has 0 radical (unpaired) electrons. The lowest BCUT2D eigenvalue weighted by atomic mass is 10.6. The lowest BCUT2D eigenvalue weighted by Gasteiger charge is -2.28. The maximum atomic E-state index is 3.74. The highest BCUT2D eigenvalue weighted by atomic mass is 79.9. The number of hydrogen-bond acceptors (Lipinski definition) is 1. The molecule has 0 amide bonds. The van der Waals surface area contributed by atoms with Gasteiger partial charge < -0.3 is 4.65 Å². The summed E-state index contributed by atoms with van der Waals surface area (Å²) in [5.74, 6) is 0. The van der Waals surface area contributed by atoms with E-state index in [4.69, 9.17) is 0 Å². The van der Waals surface area contributed by atoms with Gasteiger partial charge in [0.1, 0.15) is 16.5 Å². The molecule has 0 heterocycles. The van der Waals surface area contributed by atoms with Crippen LogP contribution in [0.15, 0.2) is 0 Å². The zero-order valence-corrected chi connectivity index (χ0v) is 13.9. The predicted molar refractivity (Wildman–Crippen MR) is 73.9 cm³/mol. The van der Waals surface area contributed by atoms with Crippen LogP contribution in [-0.2, 0) is 0 Å². The van der Waals surface area contributed by atoms with Crippen LogP contribution in [-0.4, -0.2) is 21.8 Å². The van der Waals surface area contributed by atoms with Gasteiger partial charge in [-0.2, -0.15) is 0 Å². The van der Waals surface area contributed by atoms with Crippen molar-refractivity contribution < 1.29 is 0 Å². The van der Waals surface area contributed by atoms with Crippen LogP contribution in [0.3, 0.4) is 0 Å². The lowest BCUT2D eigenvalue weighted by molar-refractivity contribution is 1.12. The normalized spacial score (nSPS) is 12.0. The van der Waals surface area contributed by atoms with E-state index in [9.17, 15) is 0 Å². The summed E-state index contributed by atoms with van der Waals surface area (Å²) in [6.07, 6.45) is 1.24. The van der Waals surface area contributed by atoms with E-state index in [1.165, 1.54) is 6.42 Å². The zero-order valence-electron chi connectivity index (χ0n) is 10.3. The molecule has 1 nitrogen and oxygen atoms in total.